The van der Waals surface area contributed by atoms with Gasteiger partial charge in [0.05, 0.1) is 0 Å². The highest BCUT2D eigenvalue weighted by atomic mass is 19.1. The third-order valence-electron chi connectivity index (χ3n) is 1.81. The molecular weight excluding hydrogens is 165 g/mol. The van der Waals surface area contributed by atoms with Crippen LogP contribution in [-0.4, -0.2) is 4.98 Å². The zero-order valence-electron chi connectivity index (χ0n) is 8.69. The van der Waals surface area contributed by atoms with Crippen molar-refractivity contribution in [2.45, 2.75) is 34.1 Å². The molecule has 1 aromatic rings. The SMILES string of the molecule is Cc1cnc(CC(C)(C)C)cc1F. The van der Waals surface area contributed by atoms with Crippen molar-refractivity contribution in [3.05, 3.63) is 29.3 Å². The molecule has 0 aliphatic carbocycles. The summed E-state index contributed by atoms with van der Waals surface area (Å²) in [5.74, 6) is -0.158. The van der Waals surface area contributed by atoms with Crippen molar-refractivity contribution in [1.82, 2.24) is 4.98 Å². The van der Waals surface area contributed by atoms with Gasteiger partial charge in [0.2, 0.25) is 0 Å². The first kappa shape index (κ1) is 10.2. The van der Waals surface area contributed by atoms with Gasteiger partial charge in [0.1, 0.15) is 5.82 Å². The monoisotopic (exact) mass is 181 g/mol. The summed E-state index contributed by atoms with van der Waals surface area (Å²) in [5.41, 5.74) is 1.60. The Labute approximate surface area is 79.0 Å². The predicted molar refractivity (Wildman–Crippen MR) is 52.1 cm³/mol. The summed E-state index contributed by atoms with van der Waals surface area (Å²) in [5, 5.41) is 0. The molecule has 0 atom stereocenters. The molecule has 0 saturated heterocycles. The van der Waals surface area contributed by atoms with Crippen LogP contribution in [0.2, 0.25) is 0 Å². The quantitative estimate of drug-likeness (QED) is 0.648. The molecule has 72 valence electrons. The summed E-state index contributed by atoms with van der Waals surface area (Å²) >= 11 is 0. The van der Waals surface area contributed by atoms with Crippen molar-refractivity contribution in [2.24, 2.45) is 5.41 Å². The Morgan fingerprint density at radius 2 is 2.00 bits per heavy atom. The van der Waals surface area contributed by atoms with Crippen LogP contribution in [0.1, 0.15) is 32.0 Å². The van der Waals surface area contributed by atoms with Gasteiger partial charge in [-0.15, -0.1) is 0 Å². The summed E-state index contributed by atoms with van der Waals surface area (Å²) in [6.45, 7) is 8.08. The molecule has 0 aromatic carbocycles. The number of hydrogen-bond acceptors (Lipinski definition) is 1. The van der Waals surface area contributed by atoms with E-state index in [0.29, 0.717) is 5.56 Å². The smallest absolute Gasteiger partial charge is 0.129 e. The van der Waals surface area contributed by atoms with E-state index >= 15 is 0 Å². The standard InChI is InChI=1S/C11H16FN/c1-8-7-13-9(5-10(8)12)6-11(2,3)4/h5,7H,6H2,1-4H3. The van der Waals surface area contributed by atoms with Gasteiger partial charge in [-0.3, -0.25) is 4.98 Å². The molecule has 0 bridgehead atoms. The maximum absolute atomic E-state index is 13.1. The summed E-state index contributed by atoms with van der Waals surface area (Å²) < 4.78 is 13.1. The molecule has 2 heteroatoms. The highest BCUT2D eigenvalue weighted by molar-refractivity contribution is 5.15. The first-order valence-corrected chi connectivity index (χ1v) is 4.49. The lowest BCUT2D eigenvalue weighted by Gasteiger charge is -2.17. The van der Waals surface area contributed by atoms with E-state index in [0.717, 1.165) is 12.1 Å². The van der Waals surface area contributed by atoms with E-state index in [1.807, 2.05) is 0 Å². The van der Waals surface area contributed by atoms with Crippen LogP contribution in [-0.2, 0) is 6.42 Å². The van der Waals surface area contributed by atoms with Crippen molar-refractivity contribution >= 4 is 0 Å². The molecule has 0 unspecified atom stereocenters. The summed E-state index contributed by atoms with van der Waals surface area (Å²) in [7, 11) is 0. The molecule has 1 aromatic heterocycles. The van der Waals surface area contributed by atoms with Crippen LogP contribution in [0.15, 0.2) is 12.3 Å². The van der Waals surface area contributed by atoms with Gasteiger partial charge in [-0.25, -0.2) is 4.39 Å². The van der Waals surface area contributed by atoms with E-state index in [9.17, 15) is 4.39 Å². The predicted octanol–water partition coefficient (Wildman–Crippen LogP) is 3.12. The Balaban J connectivity index is 2.86. The fraction of sp³-hybridized carbons (Fsp3) is 0.545. The van der Waals surface area contributed by atoms with E-state index in [1.165, 1.54) is 6.07 Å². The van der Waals surface area contributed by atoms with E-state index in [-0.39, 0.29) is 11.2 Å². The zero-order valence-corrected chi connectivity index (χ0v) is 8.69. The average Bonchev–Trinajstić information content (AvgIpc) is 1.94. The van der Waals surface area contributed by atoms with Crippen molar-refractivity contribution in [2.75, 3.05) is 0 Å². The lowest BCUT2D eigenvalue weighted by molar-refractivity contribution is 0.405. The third-order valence-corrected chi connectivity index (χ3v) is 1.81. The van der Waals surface area contributed by atoms with Gasteiger partial charge in [-0.05, 0) is 24.8 Å². The van der Waals surface area contributed by atoms with E-state index < -0.39 is 0 Å². The average molecular weight is 181 g/mol. The Morgan fingerprint density at radius 1 is 1.38 bits per heavy atom. The highest BCUT2D eigenvalue weighted by Crippen LogP contribution is 2.19. The lowest BCUT2D eigenvalue weighted by Crippen LogP contribution is -2.10. The molecule has 0 aliphatic heterocycles. The molecule has 0 fully saturated rings. The molecular formula is C11H16FN. The van der Waals surface area contributed by atoms with Crippen molar-refractivity contribution in [1.29, 1.82) is 0 Å². The number of aryl methyl sites for hydroxylation is 1. The van der Waals surface area contributed by atoms with Gasteiger partial charge in [-0.2, -0.15) is 0 Å². The minimum Gasteiger partial charge on any atom is -0.261 e. The first-order valence-electron chi connectivity index (χ1n) is 4.49. The van der Waals surface area contributed by atoms with Gasteiger partial charge in [0.25, 0.3) is 0 Å². The van der Waals surface area contributed by atoms with Gasteiger partial charge >= 0.3 is 0 Å². The highest BCUT2D eigenvalue weighted by Gasteiger charge is 2.12. The fourth-order valence-corrected chi connectivity index (χ4v) is 1.18. The maximum Gasteiger partial charge on any atom is 0.129 e. The maximum atomic E-state index is 13.1. The van der Waals surface area contributed by atoms with Gasteiger partial charge in [0, 0.05) is 17.5 Å². The van der Waals surface area contributed by atoms with Crippen molar-refractivity contribution < 1.29 is 4.39 Å². The fourth-order valence-electron chi connectivity index (χ4n) is 1.18. The Morgan fingerprint density at radius 3 is 2.46 bits per heavy atom. The number of halogens is 1. The molecule has 1 heterocycles. The molecule has 0 spiro atoms. The van der Waals surface area contributed by atoms with Crippen LogP contribution in [0.3, 0.4) is 0 Å². The van der Waals surface area contributed by atoms with Crippen LogP contribution in [0.25, 0.3) is 0 Å². The molecule has 0 radical (unpaired) electrons. The van der Waals surface area contributed by atoms with Crippen LogP contribution < -0.4 is 0 Å². The van der Waals surface area contributed by atoms with Gasteiger partial charge < -0.3 is 0 Å². The minimum absolute atomic E-state index is 0.158. The number of rotatable bonds is 1. The molecule has 0 aliphatic rings. The van der Waals surface area contributed by atoms with Crippen LogP contribution in [0.4, 0.5) is 4.39 Å². The second-order valence-electron chi connectivity index (χ2n) is 4.66. The second-order valence-corrected chi connectivity index (χ2v) is 4.66. The van der Waals surface area contributed by atoms with Crippen LogP contribution in [0, 0.1) is 18.2 Å². The Bertz CT molecular complexity index is 299. The van der Waals surface area contributed by atoms with Gasteiger partial charge in [0.15, 0.2) is 0 Å². The number of pyridine rings is 1. The summed E-state index contributed by atoms with van der Waals surface area (Å²) in [6.07, 6.45) is 2.40. The Hall–Kier alpha value is -0.920. The normalized spacial score (nSPS) is 11.8. The zero-order chi connectivity index (χ0) is 10.1. The first-order chi connectivity index (χ1) is 5.88. The minimum atomic E-state index is -0.158. The van der Waals surface area contributed by atoms with E-state index in [4.69, 9.17) is 0 Å². The molecule has 13 heavy (non-hydrogen) atoms. The Kier molecular flexibility index (Phi) is 2.69. The summed E-state index contributed by atoms with van der Waals surface area (Å²) in [6, 6.07) is 1.53. The topological polar surface area (TPSA) is 12.9 Å². The van der Waals surface area contributed by atoms with Gasteiger partial charge in [-0.1, -0.05) is 20.8 Å². The van der Waals surface area contributed by atoms with Crippen LogP contribution >= 0.6 is 0 Å². The third kappa shape index (κ3) is 3.13. The molecule has 0 amide bonds. The number of nitrogens with zero attached hydrogens (tertiary/aromatic N) is 1. The molecule has 0 N–H and O–H groups in total. The van der Waals surface area contributed by atoms with E-state index in [2.05, 4.69) is 25.8 Å². The van der Waals surface area contributed by atoms with Crippen LogP contribution in [0.5, 0.6) is 0 Å². The number of aromatic nitrogens is 1. The largest absolute Gasteiger partial charge is 0.261 e. The summed E-state index contributed by atoms with van der Waals surface area (Å²) in [4.78, 5) is 4.18. The van der Waals surface area contributed by atoms with E-state index in [1.54, 1.807) is 13.1 Å². The van der Waals surface area contributed by atoms with Crippen molar-refractivity contribution in [3.63, 3.8) is 0 Å². The number of hydrogen-bond donors (Lipinski definition) is 0. The van der Waals surface area contributed by atoms with Crippen molar-refractivity contribution in [3.8, 4) is 0 Å². The molecule has 1 rings (SSSR count). The lowest BCUT2D eigenvalue weighted by atomic mass is 9.90. The second kappa shape index (κ2) is 3.44. The molecule has 1 nitrogen and oxygen atoms in total. The molecule has 0 saturated carbocycles.